The predicted molar refractivity (Wildman–Crippen MR) is 75.2 cm³/mol. The molecule has 2 atom stereocenters. The first-order valence-corrected chi connectivity index (χ1v) is 7.39. The van der Waals surface area contributed by atoms with Crippen molar-refractivity contribution in [1.29, 1.82) is 0 Å². The Kier molecular flexibility index (Phi) is 5.56. The fourth-order valence-corrected chi connectivity index (χ4v) is 2.62. The van der Waals surface area contributed by atoms with Gasteiger partial charge in [0.25, 0.3) is 0 Å². The molecule has 6 heteroatoms. The fraction of sp³-hybridized carbons (Fsp3) is 0.500. The number of hydrogen-bond acceptors (Lipinski definition) is 6. The topological polar surface area (TPSA) is 76.0 Å². The van der Waals surface area contributed by atoms with Crippen LogP contribution >= 0.6 is 11.8 Å². The first-order valence-electron chi connectivity index (χ1n) is 6.41. The lowest BCUT2D eigenvalue weighted by Crippen LogP contribution is -2.23. The van der Waals surface area contributed by atoms with Crippen LogP contribution in [-0.4, -0.2) is 40.4 Å². The van der Waals surface area contributed by atoms with Crippen molar-refractivity contribution < 1.29 is 24.5 Å². The van der Waals surface area contributed by atoms with Crippen molar-refractivity contribution in [3.05, 3.63) is 35.4 Å². The maximum absolute atomic E-state index is 10.9. The number of rotatable bonds is 5. The molecule has 20 heavy (non-hydrogen) atoms. The average molecular weight is 298 g/mol. The molecule has 2 N–H and O–H groups in total. The third-order valence-corrected chi connectivity index (χ3v) is 3.93. The number of carbonyl (C=O) groups is 1. The van der Waals surface area contributed by atoms with Crippen LogP contribution in [0.2, 0.25) is 0 Å². The third kappa shape index (κ3) is 3.80. The van der Waals surface area contributed by atoms with Crippen LogP contribution in [0.3, 0.4) is 0 Å². The molecule has 0 bridgehead atoms. The van der Waals surface area contributed by atoms with Gasteiger partial charge in [0.15, 0.2) is 11.4 Å². The van der Waals surface area contributed by atoms with Crippen molar-refractivity contribution in [1.82, 2.24) is 0 Å². The molecule has 1 aliphatic heterocycles. The number of carbonyl (C=O) groups excluding carboxylic acids is 1. The van der Waals surface area contributed by atoms with E-state index >= 15 is 0 Å². The Bertz CT molecular complexity index is 459. The van der Waals surface area contributed by atoms with Crippen LogP contribution in [0, 0.1) is 0 Å². The maximum atomic E-state index is 10.9. The van der Waals surface area contributed by atoms with E-state index in [0.29, 0.717) is 24.3 Å². The molecular weight excluding hydrogens is 280 g/mol. The monoisotopic (exact) mass is 298 g/mol. The molecule has 1 aromatic carbocycles. The highest BCUT2D eigenvalue weighted by atomic mass is 32.2. The van der Waals surface area contributed by atoms with Gasteiger partial charge in [-0.1, -0.05) is 36.0 Å². The van der Waals surface area contributed by atoms with E-state index in [-0.39, 0.29) is 10.9 Å². The number of aliphatic hydroxyl groups is 2. The summed E-state index contributed by atoms with van der Waals surface area (Å²) >= 11 is 0.989. The second kappa shape index (κ2) is 7.19. The zero-order valence-corrected chi connectivity index (χ0v) is 12.0. The van der Waals surface area contributed by atoms with Crippen molar-refractivity contribution in [3.63, 3.8) is 0 Å². The molecule has 1 fully saturated rings. The molecule has 0 spiro atoms. The van der Waals surface area contributed by atoms with E-state index in [4.69, 9.17) is 9.47 Å². The van der Waals surface area contributed by atoms with Gasteiger partial charge < -0.3 is 19.7 Å². The SMILES string of the molecule is CC(=O)SCC(O)C(O)c1ccccc1C1OCCO1. The van der Waals surface area contributed by atoms with E-state index in [1.54, 1.807) is 18.2 Å². The number of thioether (sulfide) groups is 1. The Balaban J connectivity index is 2.12. The van der Waals surface area contributed by atoms with E-state index in [2.05, 4.69) is 0 Å². The van der Waals surface area contributed by atoms with Crippen LogP contribution in [0.25, 0.3) is 0 Å². The van der Waals surface area contributed by atoms with Gasteiger partial charge in [0, 0.05) is 18.2 Å². The minimum absolute atomic E-state index is 0.0907. The second-order valence-electron chi connectivity index (χ2n) is 4.52. The summed E-state index contributed by atoms with van der Waals surface area (Å²) in [7, 11) is 0. The summed E-state index contributed by atoms with van der Waals surface area (Å²) in [5.41, 5.74) is 1.28. The van der Waals surface area contributed by atoms with Crippen molar-refractivity contribution in [2.24, 2.45) is 0 Å². The van der Waals surface area contributed by atoms with Gasteiger partial charge in [0.2, 0.25) is 0 Å². The van der Waals surface area contributed by atoms with Gasteiger partial charge in [-0.3, -0.25) is 4.79 Å². The van der Waals surface area contributed by atoms with Crippen molar-refractivity contribution in [3.8, 4) is 0 Å². The average Bonchev–Trinajstić information content (AvgIpc) is 2.98. The van der Waals surface area contributed by atoms with Gasteiger partial charge in [0.05, 0.1) is 19.3 Å². The number of aliphatic hydroxyl groups excluding tert-OH is 2. The van der Waals surface area contributed by atoms with Gasteiger partial charge in [-0.15, -0.1) is 0 Å². The molecule has 0 radical (unpaired) electrons. The molecule has 0 saturated carbocycles. The Labute approximate surface area is 121 Å². The summed E-state index contributed by atoms with van der Waals surface area (Å²) < 4.78 is 10.9. The highest BCUT2D eigenvalue weighted by Crippen LogP contribution is 2.31. The first kappa shape index (κ1) is 15.5. The third-order valence-electron chi connectivity index (χ3n) is 3.01. The van der Waals surface area contributed by atoms with Gasteiger partial charge in [0.1, 0.15) is 6.10 Å². The maximum Gasteiger partial charge on any atom is 0.185 e. The molecule has 0 aliphatic carbocycles. The molecule has 110 valence electrons. The van der Waals surface area contributed by atoms with Gasteiger partial charge >= 0.3 is 0 Å². The largest absolute Gasteiger partial charge is 0.389 e. The predicted octanol–water partition coefficient (Wildman–Crippen LogP) is 1.41. The van der Waals surface area contributed by atoms with Crippen molar-refractivity contribution in [2.45, 2.75) is 25.4 Å². The molecule has 1 heterocycles. The van der Waals surface area contributed by atoms with Gasteiger partial charge in [-0.2, -0.15) is 0 Å². The molecule has 1 aromatic rings. The lowest BCUT2D eigenvalue weighted by atomic mass is 9.99. The van der Waals surface area contributed by atoms with Crippen molar-refractivity contribution >= 4 is 16.9 Å². The Morgan fingerprint density at radius 2 is 2.00 bits per heavy atom. The summed E-state index contributed by atoms with van der Waals surface area (Å²) in [6.07, 6.45) is -2.61. The summed E-state index contributed by atoms with van der Waals surface area (Å²) in [6.45, 7) is 2.45. The van der Waals surface area contributed by atoms with E-state index in [9.17, 15) is 15.0 Å². The normalized spacial score (nSPS) is 18.9. The van der Waals surface area contributed by atoms with Crippen LogP contribution in [0.4, 0.5) is 0 Å². The highest BCUT2D eigenvalue weighted by Gasteiger charge is 2.27. The minimum atomic E-state index is -1.08. The van der Waals surface area contributed by atoms with Crippen molar-refractivity contribution in [2.75, 3.05) is 19.0 Å². The second-order valence-corrected chi connectivity index (χ2v) is 5.71. The lowest BCUT2D eigenvalue weighted by molar-refractivity contribution is -0.109. The zero-order chi connectivity index (χ0) is 14.5. The Hall–Kier alpha value is -0.920. The van der Waals surface area contributed by atoms with Gasteiger partial charge in [-0.05, 0) is 5.56 Å². The fourth-order valence-electron chi connectivity index (χ4n) is 2.03. The van der Waals surface area contributed by atoms with Crippen LogP contribution < -0.4 is 0 Å². The van der Waals surface area contributed by atoms with Crippen LogP contribution in [0.15, 0.2) is 24.3 Å². The highest BCUT2D eigenvalue weighted by molar-refractivity contribution is 8.13. The number of benzene rings is 1. The molecule has 5 nitrogen and oxygen atoms in total. The molecule has 1 saturated heterocycles. The van der Waals surface area contributed by atoms with Crippen LogP contribution in [0.5, 0.6) is 0 Å². The summed E-state index contributed by atoms with van der Waals surface area (Å²) in [5, 5.41) is 20.1. The van der Waals surface area contributed by atoms with E-state index in [0.717, 1.165) is 11.8 Å². The Morgan fingerprint density at radius 3 is 2.65 bits per heavy atom. The summed E-state index contributed by atoms with van der Waals surface area (Å²) in [5.74, 6) is 0.150. The zero-order valence-electron chi connectivity index (χ0n) is 11.2. The molecule has 0 amide bonds. The number of hydrogen-bond donors (Lipinski definition) is 2. The standard InChI is InChI=1S/C14H18O5S/c1-9(15)20-8-12(16)13(17)10-4-2-3-5-11(10)14-18-6-7-19-14/h2-5,12-14,16-17H,6-8H2,1H3. The first-order chi connectivity index (χ1) is 9.59. The van der Waals surface area contributed by atoms with E-state index in [1.165, 1.54) is 6.92 Å². The van der Waals surface area contributed by atoms with Crippen LogP contribution in [0.1, 0.15) is 30.4 Å². The van der Waals surface area contributed by atoms with E-state index in [1.807, 2.05) is 6.07 Å². The minimum Gasteiger partial charge on any atom is -0.389 e. The summed E-state index contributed by atoms with van der Waals surface area (Å²) in [6, 6.07) is 7.14. The van der Waals surface area contributed by atoms with Gasteiger partial charge in [-0.25, -0.2) is 0 Å². The molecule has 0 aromatic heterocycles. The summed E-state index contributed by atoms with van der Waals surface area (Å²) in [4.78, 5) is 10.9. The number of ether oxygens (including phenoxy) is 2. The molecule has 2 unspecified atom stereocenters. The lowest BCUT2D eigenvalue weighted by Gasteiger charge is -2.22. The van der Waals surface area contributed by atoms with Crippen LogP contribution in [-0.2, 0) is 14.3 Å². The molecule has 2 rings (SSSR count). The smallest absolute Gasteiger partial charge is 0.185 e. The quantitative estimate of drug-likeness (QED) is 0.856. The Morgan fingerprint density at radius 1 is 1.35 bits per heavy atom. The molecule has 1 aliphatic rings. The van der Waals surface area contributed by atoms with E-state index < -0.39 is 18.5 Å². The molecular formula is C14H18O5S.